The van der Waals surface area contributed by atoms with Crippen LogP contribution in [0.2, 0.25) is 0 Å². The van der Waals surface area contributed by atoms with Gasteiger partial charge in [-0.05, 0) is 33.6 Å². The number of carbonyl (C=O) groups excluding carboxylic acids is 1. The molecule has 1 amide bonds. The number of hydrogen-bond acceptors (Lipinski definition) is 6. The largest absolute Gasteiger partial charge is 0.444 e. The predicted molar refractivity (Wildman–Crippen MR) is 113 cm³/mol. The first kappa shape index (κ1) is 23.7. The molecule has 1 atom stereocenters. The molecule has 8 nitrogen and oxygen atoms in total. The summed E-state index contributed by atoms with van der Waals surface area (Å²) in [5, 5.41) is 5.49. The molecule has 0 spiro atoms. The molecule has 28 heavy (non-hydrogen) atoms. The molecule has 0 radical (unpaired) electrons. The summed E-state index contributed by atoms with van der Waals surface area (Å²) in [6.45, 7) is 16.8. The second-order valence-electron chi connectivity index (χ2n) is 7.07. The van der Waals surface area contributed by atoms with Crippen LogP contribution in [0.5, 0.6) is 0 Å². The molecule has 0 saturated carbocycles. The Morgan fingerprint density at radius 2 is 1.89 bits per heavy atom. The van der Waals surface area contributed by atoms with Gasteiger partial charge in [0.25, 0.3) is 0 Å². The molecule has 2 aromatic heterocycles. The lowest BCUT2D eigenvalue weighted by molar-refractivity contribution is 0.0288. The lowest BCUT2D eigenvalue weighted by Crippen LogP contribution is -2.35. The van der Waals surface area contributed by atoms with E-state index in [2.05, 4.69) is 15.1 Å². The maximum Gasteiger partial charge on any atom is 0.410 e. The van der Waals surface area contributed by atoms with E-state index in [4.69, 9.17) is 10.5 Å². The monoisotopic (exact) mass is 392 g/mol. The van der Waals surface area contributed by atoms with Crippen molar-refractivity contribution >= 4 is 22.9 Å². The zero-order valence-corrected chi connectivity index (χ0v) is 18.6. The molecule has 2 aromatic rings. The number of aromatic nitrogens is 4. The van der Waals surface area contributed by atoms with Gasteiger partial charge in [0, 0.05) is 13.1 Å². The van der Waals surface area contributed by atoms with Crippen LogP contribution in [0.25, 0.3) is 11.0 Å². The SMILES string of the molecule is CC.CC.CCc1nn(C2CCN(C(=O)OC(C)(C)C)C2)c2ncnc(N)c12. The summed E-state index contributed by atoms with van der Waals surface area (Å²) in [6, 6.07) is 0.0645. The molecule has 8 heteroatoms. The number of ether oxygens (including phenoxy) is 1. The van der Waals surface area contributed by atoms with Crippen molar-refractivity contribution < 1.29 is 9.53 Å². The van der Waals surface area contributed by atoms with Crippen LogP contribution >= 0.6 is 0 Å². The van der Waals surface area contributed by atoms with Crippen LogP contribution < -0.4 is 5.73 Å². The third-order valence-electron chi connectivity index (χ3n) is 4.09. The molecule has 1 unspecified atom stereocenters. The predicted octanol–water partition coefficient (Wildman–Crippen LogP) is 4.21. The minimum absolute atomic E-state index is 0.0645. The lowest BCUT2D eigenvalue weighted by atomic mass is 10.2. The number of fused-ring (bicyclic) bond motifs is 1. The molecule has 3 heterocycles. The maximum atomic E-state index is 12.2. The Labute approximate surface area is 168 Å². The normalized spacial score (nSPS) is 16.1. The van der Waals surface area contributed by atoms with E-state index in [1.807, 2.05) is 60.1 Å². The fraction of sp³-hybridized carbons (Fsp3) is 0.700. The Morgan fingerprint density at radius 1 is 1.25 bits per heavy atom. The van der Waals surface area contributed by atoms with Crippen LogP contribution in [0.3, 0.4) is 0 Å². The molecule has 3 rings (SSSR count). The van der Waals surface area contributed by atoms with Gasteiger partial charge in [0.1, 0.15) is 17.7 Å². The summed E-state index contributed by atoms with van der Waals surface area (Å²) in [6.07, 6.45) is 2.73. The number of carbonyl (C=O) groups is 1. The fourth-order valence-corrected chi connectivity index (χ4v) is 3.00. The van der Waals surface area contributed by atoms with Crippen LogP contribution in [0, 0.1) is 0 Å². The lowest BCUT2D eigenvalue weighted by Gasteiger charge is -2.24. The number of hydrogen-bond donors (Lipinski definition) is 1. The Bertz CT molecular complexity index is 766. The summed E-state index contributed by atoms with van der Waals surface area (Å²) < 4.78 is 7.34. The molecule has 0 aliphatic carbocycles. The van der Waals surface area contributed by atoms with Crippen LogP contribution in [0.1, 0.15) is 73.5 Å². The average molecular weight is 393 g/mol. The summed E-state index contributed by atoms with van der Waals surface area (Å²) >= 11 is 0. The van der Waals surface area contributed by atoms with Crippen LogP contribution in [-0.4, -0.2) is 49.4 Å². The number of aryl methyl sites for hydroxylation is 1. The molecule has 1 aliphatic heterocycles. The van der Waals surface area contributed by atoms with E-state index < -0.39 is 5.60 Å². The van der Waals surface area contributed by atoms with Gasteiger partial charge in [-0.2, -0.15) is 5.10 Å². The van der Waals surface area contributed by atoms with Gasteiger partial charge in [-0.15, -0.1) is 0 Å². The standard InChI is InChI=1S/C16H24N6O2.2C2H6/c1-5-11-12-13(17)18-9-19-14(12)22(20-11)10-6-7-21(8-10)15(23)24-16(2,3)4;2*1-2/h9-10H,5-8H2,1-4H3,(H2,17,18,19);2*1-2H3. The van der Waals surface area contributed by atoms with Crippen molar-refractivity contribution in [3.05, 3.63) is 12.0 Å². The smallest absolute Gasteiger partial charge is 0.410 e. The molecule has 0 aromatic carbocycles. The summed E-state index contributed by atoms with van der Waals surface area (Å²) in [5.41, 5.74) is 7.12. The zero-order valence-electron chi connectivity index (χ0n) is 18.6. The fourth-order valence-electron chi connectivity index (χ4n) is 3.00. The summed E-state index contributed by atoms with van der Waals surface area (Å²) in [7, 11) is 0. The van der Waals surface area contributed by atoms with Crippen molar-refractivity contribution in [2.45, 2.75) is 79.9 Å². The van der Waals surface area contributed by atoms with Crippen molar-refractivity contribution in [3.8, 4) is 0 Å². The first-order valence-corrected chi connectivity index (χ1v) is 10.3. The van der Waals surface area contributed by atoms with Crippen LogP contribution in [0.15, 0.2) is 6.33 Å². The van der Waals surface area contributed by atoms with Crippen molar-refractivity contribution in [1.82, 2.24) is 24.6 Å². The van der Waals surface area contributed by atoms with Crippen LogP contribution in [-0.2, 0) is 11.2 Å². The number of nitrogens with zero attached hydrogens (tertiary/aromatic N) is 5. The van der Waals surface area contributed by atoms with Gasteiger partial charge in [0.2, 0.25) is 0 Å². The molecule has 1 saturated heterocycles. The molecule has 1 fully saturated rings. The number of likely N-dealkylation sites (tertiary alicyclic amines) is 1. The van der Waals surface area contributed by atoms with Gasteiger partial charge in [0.05, 0.1) is 17.1 Å². The Kier molecular flexibility index (Phi) is 8.65. The van der Waals surface area contributed by atoms with Gasteiger partial charge < -0.3 is 15.4 Å². The number of rotatable bonds is 2. The highest BCUT2D eigenvalue weighted by Gasteiger charge is 2.32. The highest BCUT2D eigenvalue weighted by atomic mass is 16.6. The minimum Gasteiger partial charge on any atom is -0.444 e. The van der Waals surface area contributed by atoms with E-state index in [-0.39, 0.29) is 12.1 Å². The second kappa shape index (κ2) is 10.2. The van der Waals surface area contributed by atoms with Crippen LogP contribution in [0.4, 0.5) is 10.6 Å². The number of nitrogens with two attached hydrogens (primary N) is 1. The zero-order chi connectivity index (χ0) is 21.5. The van der Waals surface area contributed by atoms with Gasteiger partial charge in [-0.25, -0.2) is 19.4 Å². The van der Waals surface area contributed by atoms with E-state index in [1.54, 1.807) is 4.90 Å². The molecular formula is C20H36N6O2. The summed E-state index contributed by atoms with van der Waals surface area (Å²) in [4.78, 5) is 22.4. The highest BCUT2D eigenvalue weighted by molar-refractivity contribution is 5.88. The van der Waals surface area contributed by atoms with E-state index in [0.29, 0.717) is 18.9 Å². The minimum atomic E-state index is -0.495. The molecular weight excluding hydrogens is 356 g/mol. The molecule has 158 valence electrons. The van der Waals surface area contributed by atoms with E-state index >= 15 is 0 Å². The van der Waals surface area contributed by atoms with E-state index in [9.17, 15) is 4.79 Å². The highest BCUT2D eigenvalue weighted by Crippen LogP contribution is 2.29. The van der Waals surface area contributed by atoms with E-state index in [0.717, 1.165) is 29.6 Å². The topological polar surface area (TPSA) is 99.2 Å². The Morgan fingerprint density at radius 3 is 2.46 bits per heavy atom. The van der Waals surface area contributed by atoms with Gasteiger partial charge >= 0.3 is 6.09 Å². The summed E-state index contributed by atoms with van der Waals surface area (Å²) in [5.74, 6) is 0.449. The first-order chi connectivity index (χ1) is 13.3. The second-order valence-corrected chi connectivity index (χ2v) is 7.07. The average Bonchev–Trinajstić information content (AvgIpc) is 3.29. The molecule has 2 N–H and O–H groups in total. The molecule has 0 bridgehead atoms. The number of nitrogen functional groups attached to an aromatic ring is 1. The van der Waals surface area contributed by atoms with Crippen molar-refractivity contribution in [1.29, 1.82) is 0 Å². The van der Waals surface area contributed by atoms with Crippen molar-refractivity contribution in [2.75, 3.05) is 18.8 Å². The Hall–Kier alpha value is -2.38. The van der Waals surface area contributed by atoms with Gasteiger partial charge in [-0.1, -0.05) is 34.6 Å². The van der Waals surface area contributed by atoms with Gasteiger partial charge in [0.15, 0.2) is 5.65 Å². The number of anilines is 1. The third kappa shape index (κ3) is 5.33. The van der Waals surface area contributed by atoms with E-state index in [1.165, 1.54) is 6.33 Å². The first-order valence-electron chi connectivity index (χ1n) is 10.3. The maximum absolute atomic E-state index is 12.2. The van der Waals surface area contributed by atoms with Crippen molar-refractivity contribution in [3.63, 3.8) is 0 Å². The molecule has 1 aliphatic rings. The van der Waals surface area contributed by atoms with Gasteiger partial charge in [-0.3, -0.25) is 0 Å². The van der Waals surface area contributed by atoms with Crippen molar-refractivity contribution in [2.24, 2.45) is 0 Å². The number of amides is 1. The Balaban J connectivity index is 0.000000921. The third-order valence-corrected chi connectivity index (χ3v) is 4.09. The quantitative estimate of drug-likeness (QED) is 0.822.